The lowest BCUT2D eigenvalue weighted by Gasteiger charge is -2.24. The van der Waals surface area contributed by atoms with Gasteiger partial charge in [0.1, 0.15) is 17.8 Å². The van der Waals surface area contributed by atoms with Gasteiger partial charge in [-0.2, -0.15) is 0 Å². The molecule has 3 atom stereocenters. The van der Waals surface area contributed by atoms with E-state index in [0.29, 0.717) is 24.4 Å². The van der Waals surface area contributed by atoms with Crippen LogP contribution in [0.3, 0.4) is 0 Å². The highest BCUT2D eigenvalue weighted by atomic mass is 16.3. The first-order valence-corrected chi connectivity index (χ1v) is 9.02. The van der Waals surface area contributed by atoms with Gasteiger partial charge in [0.15, 0.2) is 5.82 Å². The third-order valence-electron chi connectivity index (χ3n) is 5.21. The Kier molecular flexibility index (Phi) is 4.01. The van der Waals surface area contributed by atoms with Crippen LogP contribution in [0.4, 0.5) is 4.79 Å². The van der Waals surface area contributed by atoms with Gasteiger partial charge < -0.3 is 19.2 Å². The van der Waals surface area contributed by atoms with Gasteiger partial charge in [0.2, 0.25) is 0 Å². The zero-order valence-electron chi connectivity index (χ0n) is 15.0. The molecule has 0 saturated heterocycles. The highest BCUT2D eigenvalue weighted by Gasteiger charge is 2.37. The van der Waals surface area contributed by atoms with Crippen LogP contribution in [-0.2, 0) is 13.6 Å². The molecule has 4 rings (SSSR count). The van der Waals surface area contributed by atoms with Gasteiger partial charge in [0, 0.05) is 19.0 Å². The number of carbonyl (C=O) groups is 1. The molecule has 2 aromatic heterocycles. The zero-order chi connectivity index (χ0) is 17.6. The maximum absolute atomic E-state index is 12.8. The lowest BCUT2D eigenvalue weighted by molar-refractivity contribution is 0.182. The first kappa shape index (κ1) is 16.2. The van der Waals surface area contributed by atoms with Crippen LogP contribution in [0.15, 0.2) is 22.9 Å². The van der Waals surface area contributed by atoms with E-state index in [-0.39, 0.29) is 12.1 Å². The van der Waals surface area contributed by atoms with Crippen molar-refractivity contribution < 1.29 is 9.21 Å². The number of aryl methyl sites for hydroxylation is 1. The normalized spacial score (nSPS) is 23.3. The molecular formula is C18H25N5O2. The van der Waals surface area contributed by atoms with Crippen LogP contribution in [0.1, 0.15) is 62.4 Å². The van der Waals surface area contributed by atoms with Gasteiger partial charge in [-0.05, 0) is 44.2 Å². The van der Waals surface area contributed by atoms with Crippen LogP contribution in [0.5, 0.6) is 0 Å². The number of rotatable bonds is 6. The minimum atomic E-state index is -0.194. The van der Waals surface area contributed by atoms with Crippen molar-refractivity contribution >= 4 is 6.03 Å². The second-order valence-electron chi connectivity index (χ2n) is 7.45. The van der Waals surface area contributed by atoms with E-state index in [9.17, 15) is 4.79 Å². The molecule has 7 nitrogen and oxygen atoms in total. The van der Waals surface area contributed by atoms with E-state index in [1.807, 2.05) is 29.5 Å². The van der Waals surface area contributed by atoms with Gasteiger partial charge in [-0.1, -0.05) is 6.92 Å². The molecule has 0 aliphatic heterocycles. The van der Waals surface area contributed by atoms with Crippen LogP contribution >= 0.6 is 0 Å². The molecule has 2 heterocycles. The summed E-state index contributed by atoms with van der Waals surface area (Å²) in [5.41, 5.74) is 0. The topological polar surface area (TPSA) is 76.2 Å². The minimum absolute atomic E-state index is 0.0734. The molecule has 1 N–H and O–H groups in total. The minimum Gasteiger partial charge on any atom is -0.464 e. The standard InChI is InChI=1S/C18H25N5O2/c1-11-8-15(11)16-7-6-14(25-16)9-23(13-4-5-13)18(24)20-12(2)17-21-19-10-22(17)3/h6-7,10-13,15H,4-5,8-9H2,1-3H3,(H,20,24). The van der Waals surface area contributed by atoms with Crippen molar-refractivity contribution in [2.75, 3.05) is 0 Å². The maximum Gasteiger partial charge on any atom is 0.318 e. The van der Waals surface area contributed by atoms with E-state index in [2.05, 4.69) is 28.5 Å². The summed E-state index contributed by atoms with van der Waals surface area (Å²) in [6.45, 7) is 4.68. The number of aromatic nitrogens is 3. The molecule has 0 spiro atoms. The van der Waals surface area contributed by atoms with E-state index in [4.69, 9.17) is 4.42 Å². The number of furan rings is 1. The molecule has 2 amide bonds. The Labute approximate surface area is 147 Å². The van der Waals surface area contributed by atoms with Crippen LogP contribution in [0.25, 0.3) is 0 Å². The van der Waals surface area contributed by atoms with Crippen LogP contribution in [0.2, 0.25) is 0 Å². The van der Waals surface area contributed by atoms with Crippen molar-refractivity contribution in [3.63, 3.8) is 0 Å². The number of hydrogen-bond donors (Lipinski definition) is 1. The summed E-state index contributed by atoms with van der Waals surface area (Å²) < 4.78 is 7.81. The third-order valence-corrected chi connectivity index (χ3v) is 5.21. The zero-order valence-corrected chi connectivity index (χ0v) is 15.0. The first-order chi connectivity index (χ1) is 12.0. The summed E-state index contributed by atoms with van der Waals surface area (Å²) in [5, 5.41) is 11.0. The molecule has 2 saturated carbocycles. The summed E-state index contributed by atoms with van der Waals surface area (Å²) in [5.74, 6) is 3.95. The summed E-state index contributed by atoms with van der Waals surface area (Å²) in [7, 11) is 1.87. The fourth-order valence-electron chi connectivity index (χ4n) is 3.33. The third kappa shape index (κ3) is 3.41. The second-order valence-corrected chi connectivity index (χ2v) is 7.45. The molecule has 2 fully saturated rings. The SMILES string of the molecule is CC(NC(=O)N(Cc1ccc(C2CC2C)o1)C1CC1)c1nncn1C. The molecule has 2 aliphatic carbocycles. The first-order valence-electron chi connectivity index (χ1n) is 9.02. The molecule has 2 aromatic rings. The highest BCUT2D eigenvalue weighted by Crippen LogP contribution is 2.47. The van der Waals surface area contributed by atoms with Crippen molar-refractivity contribution in [3.05, 3.63) is 35.8 Å². The Balaban J connectivity index is 1.41. The van der Waals surface area contributed by atoms with Gasteiger partial charge in [-0.25, -0.2) is 4.79 Å². The monoisotopic (exact) mass is 343 g/mol. The summed E-state index contributed by atoms with van der Waals surface area (Å²) in [4.78, 5) is 14.6. The number of amides is 2. The average molecular weight is 343 g/mol. The fraction of sp³-hybridized carbons (Fsp3) is 0.611. The van der Waals surface area contributed by atoms with Gasteiger partial charge in [-0.3, -0.25) is 0 Å². The van der Waals surface area contributed by atoms with Gasteiger partial charge in [0.25, 0.3) is 0 Å². The Morgan fingerprint density at radius 3 is 2.84 bits per heavy atom. The molecule has 7 heteroatoms. The number of nitrogens with zero attached hydrogens (tertiary/aromatic N) is 4. The van der Waals surface area contributed by atoms with Gasteiger partial charge >= 0.3 is 6.03 Å². The maximum atomic E-state index is 12.8. The van der Waals surface area contributed by atoms with Gasteiger partial charge in [0.05, 0.1) is 12.6 Å². The average Bonchev–Trinajstić information content (AvgIpc) is 3.45. The smallest absolute Gasteiger partial charge is 0.318 e. The largest absolute Gasteiger partial charge is 0.464 e. The van der Waals surface area contributed by atoms with E-state index in [1.165, 1.54) is 6.42 Å². The van der Waals surface area contributed by atoms with Crippen molar-refractivity contribution in [3.8, 4) is 0 Å². The molecule has 2 aliphatic rings. The Hall–Kier alpha value is -2.31. The summed E-state index contributed by atoms with van der Waals surface area (Å²) in [6, 6.07) is 4.11. The van der Waals surface area contributed by atoms with Crippen LogP contribution < -0.4 is 5.32 Å². The van der Waals surface area contributed by atoms with Crippen LogP contribution in [0, 0.1) is 5.92 Å². The number of carbonyl (C=O) groups excluding carboxylic acids is 1. The molecule has 25 heavy (non-hydrogen) atoms. The van der Waals surface area contributed by atoms with E-state index in [1.54, 1.807) is 6.33 Å². The molecule has 0 aromatic carbocycles. The lowest BCUT2D eigenvalue weighted by Crippen LogP contribution is -2.42. The fourth-order valence-corrected chi connectivity index (χ4v) is 3.33. The van der Waals surface area contributed by atoms with Crippen molar-refractivity contribution in [2.24, 2.45) is 13.0 Å². The number of nitrogens with one attached hydrogen (secondary N) is 1. The lowest BCUT2D eigenvalue weighted by atomic mass is 10.3. The molecule has 3 unspecified atom stereocenters. The number of urea groups is 1. The summed E-state index contributed by atoms with van der Waals surface area (Å²) >= 11 is 0. The molecular weight excluding hydrogens is 318 g/mol. The van der Waals surface area contributed by atoms with Crippen molar-refractivity contribution in [1.82, 2.24) is 25.0 Å². The predicted molar refractivity (Wildman–Crippen MR) is 91.7 cm³/mol. The Morgan fingerprint density at radius 2 is 2.24 bits per heavy atom. The van der Waals surface area contributed by atoms with E-state index in [0.717, 1.165) is 30.2 Å². The Morgan fingerprint density at radius 1 is 1.48 bits per heavy atom. The number of hydrogen-bond acceptors (Lipinski definition) is 4. The van der Waals surface area contributed by atoms with E-state index < -0.39 is 0 Å². The van der Waals surface area contributed by atoms with E-state index >= 15 is 0 Å². The predicted octanol–water partition coefficient (Wildman–Crippen LogP) is 2.97. The second kappa shape index (κ2) is 6.20. The Bertz CT molecular complexity index is 763. The summed E-state index contributed by atoms with van der Waals surface area (Å²) in [6.07, 6.45) is 4.95. The highest BCUT2D eigenvalue weighted by molar-refractivity contribution is 5.75. The molecule has 134 valence electrons. The molecule has 0 bridgehead atoms. The van der Waals surface area contributed by atoms with Crippen molar-refractivity contribution in [2.45, 2.75) is 57.7 Å². The van der Waals surface area contributed by atoms with Gasteiger partial charge in [-0.15, -0.1) is 10.2 Å². The van der Waals surface area contributed by atoms with Crippen molar-refractivity contribution in [1.29, 1.82) is 0 Å². The molecule has 0 radical (unpaired) electrons. The van der Waals surface area contributed by atoms with Crippen LogP contribution in [-0.4, -0.2) is 31.7 Å². The quantitative estimate of drug-likeness (QED) is 0.875.